The van der Waals surface area contributed by atoms with E-state index < -0.39 is 18.2 Å². The highest BCUT2D eigenvalue weighted by Crippen LogP contribution is 2.17. The van der Waals surface area contributed by atoms with E-state index in [-0.39, 0.29) is 24.9 Å². The maximum Gasteiger partial charge on any atom is 0.306 e. The second kappa shape index (κ2) is 50.8. The van der Waals surface area contributed by atoms with Crippen LogP contribution in [0.1, 0.15) is 233 Å². The van der Waals surface area contributed by atoms with Gasteiger partial charge in [0.1, 0.15) is 6.10 Å². The molecule has 64 heavy (non-hydrogen) atoms. The summed E-state index contributed by atoms with van der Waals surface area (Å²) >= 11 is 0. The van der Waals surface area contributed by atoms with Crippen molar-refractivity contribution < 1.29 is 24.5 Å². The number of rotatable bonds is 46. The fourth-order valence-electron chi connectivity index (χ4n) is 7.52. The normalized spacial score (nSPS) is 14.0. The van der Waals surface area contributed by atoms with Gasteiger partial charge in [0.15, 0.2) is 0 Å². The van der Waals surface area contributed by atoms with Crippen molar-refractivity contribution in [2.45, 2.75) is 251 Å². The molecule has 6 heteroatoms. The highest BCUT2D eigenvalue weighted by molar-refractivity contribution is 5.77. The van der Waals surface area contributed by atoms with Crippen LogP contribution in [-0.2, 0) is 14.3 Å². The minimum Gasteiger partial charge on any atom is -0.462 e. The molecule has 0 aromatic carbocycles. The number of carbonyl (C=O) groups excluding carboxylic acids is 2. The lowest BCUT2D eigenvalue weighted by atomic mass is 10.0. The summed E-state index contributed by atoms with van der Waals surface area (Å²) in [6.07, 6.45) is 67.4. The number of ether oxygens (including phenoxy) is 1. The summed E-state index contributed by atoms with van der Waals surface area (Å²) in [5.41, 5.74) is 0. The van der Waals surface area contributed by atoms with E-state index >= 15 is 0 Å². The topological polar surface area (TPSA) is 95.9 Å². The number of esters is 1. The van der Waals surface area contributed by atoms with Crippen LogP contribution in [0.3, 0.4) is 0 Å². The van der Waals surface area contributed by atoms with Gasteiger partial charge in [-0.2, -0.15) is 0 Å². The van der Waals surface area contributed by atoms with Crippen molar-refractivity contribution >= 4 is 11.9 Å². The zero-order valence-corrected chi connectivity index (χ0v) is 41.6. The standard InChI is InChI=1S/C58H99NO5/c1-4-7-10-13-16-19-22-24-26-28-29-31-33-36-39-42-45-48-51-58(63)64-54(49-46-43-40-37-35-32-30-27-25-23-20-17-14-11-8-5-2)52-57(62)59-55(53-60)56(61)50-47-44-41-38-34-21-18-15-12-9-6-3/h10,13,16,19,22-32,35,54-56,60-61H,4-9,11-12,14-15,17-18,20-21,33-34,36-53H2,1-3H3,(H,59,62)/b13-10+,19-16+,24-22+,25-23+,28-26+,30-27+,31-29+,35-32+. The first-order valence-corrected chi connectivity index (χ1v) is 26.6. The van der Waals surface area contributed by atoms with Gasteiger partial charge in [-0.15, -0.1) is 0 Å². The lowest BCUT2D eigenvalue weighted by Gasteiger charge is -2.24. The van der Waals surface area contributed by atoms with Crippen molar-refractivity contribution in [2.24, 2.45) is 0 Å². The maximum atomic E-state index is 13.2. The van der Waals surface area contributed by atoms with Crippen LogP contribution in [0.5, 0.6) is 0 Å². The third kappa shape index (κ3) is 45.4. The molecule has 0 aromatic rings. The monoisotopic (exact) mass is 890 g/mol. The largest absolute Gasteiger partial charge is 0.462 e. The second-order valence-corrected chi connectivity index (χ2v) is 17.8. The molecule has 0 saturated heterocycles. The molecule has 0 spiro atoms. The number of hydrogen-bond donors (Lipinski definition) is 3. The Hall–Kier alpha value is -3.22. The molecule has 0 heterocycles. The number of unbranched alkanes of at least 4 members (excludes halogenated alkanes) is 24. The third-order valence-electron chi connectivity index (χ3n) is 11.6. The highest BCUT2D eigenvalue weighted by Gasteiger charge is 2.24. The molecule has 3 unspecified atom stereocenters. The molecule has 1 amide bonds. The Morgan fingerprint density at radius 2 is 0.828 bits per heavy atom. The first-order chi connectivity index (χ1) is 31.5. The van der Waals surface area contributed by atoms with Gasteiger partial charge in [-0.05, 0) is 70.6 Å². The number of nitrogens with one attached hydrogen (secondary N) is 1. The van der Waals surface area contributed by atoms with E-state index in [9.17, 15) is 19.8 Å². The molecule has 0 radical (unpaired) electrons. The van der Waals surface area contributed by atoms with E-state index in [0.29, 0.717) is 19.3 Å². The molecule has 3 N–H and O–H groups in total. The summed E-state index contributed by atoms with van der Waals surface area (Å²) < 4.78 is 5.92. The van der Waals surface area contributed by atoms with Gasteiger partial charge in [0.25, 0.3) is 0 Å². The SMILES string of the molecule is CCC/C=C/C=C/C=C/C=C/C=C/CCCCCCCC(=O)OC(CCCCC/C=C/C=C/C=C/CCCCCCC)CC(=O)NC(CO)C(O)CCCCCCCCCCCCC. The van der Waals surface area contributed by atoms with Crippen LogP contribution >= 0.6 is 0 Å². The second-order valence-electron chi connectivity index (χ2n) is 17.8. The average molecular weight is 890 g/mol. The number of aliphatic hydroxyl groups is 2. The Morgan fingerprint density at radius 3 is 1.28 bits per heavy atom. The van der Waals surface area contributed by atoms with Gasteiger partial charge in [-0.3, -0.25) is 9.59 Å². The van der Waals surface area contributed by atoms with Crippen LogP contribution < -0.4 is 5.32 Å². The third-order valence-corrected chi connectivity index (χ3v) is 11.6. The molecule has 0 aliphatic rings. The van der Waals surface area contributed by atoms with E-state index in [2.05, 4.69) is 99.0 Å². The lowest BCUT2D eigenvalue weighted by Crippen LogP contribution is -2.46. The summed E-state index contributed by atoms with van der Waals surface area (Å²) in [5.74, 6) is -0.542. The molecule has 0 saturated carbocycles. The molecule has 6 nitrogen and oxygen atoms in total. The molecule has 0 bridgehead atoms. The van der Waals surface area contributed by atoms with Crippen LogP contribution in [0.25, 0.3) is 0 Å². The predicted octanol–water partition coefficient (Wildman–Crippen LogP) is 16.1. The molecule has 0 fully saturated rings. The quantitative estimate of drug-likeness (QED) is 0.0321. The smallest absolute Gasteiger partial charge is 0.306 e. The summed E-state index contributed by atoms with van der Waals surface area (Å²) in [6.45, 7) is 6.35. The zero-order chi connectivity index (χ0) is 46.7. The van der Waals surface area contributed by atoms with Gasteiger partial charge in [0.05, 0.1) is 25.2 Å². The molecule has 0 aromatic heterocycles. The van der Waals surface area contributed by atoms with Gasteiger partial charge in [0, 0.05) is 6.42 Å². The number of hydrogen-bond acceptors (Lipinski definition) is 5. The Bertz CT molecular complexity index is 1270. The number of amides is 1. The Balaban J connectivity index is 4.74. The van der Waals surface area contributed by atoms with E-state index in [1.165, 1.54) is 89.9 Å². The number of aliphatic hydroxyl groups excluding tert-OH is 2. The molecule has 0 aliphatic carbocycles. The molecular formula is C58H99NO5. The van der Waals surface area contributed by atoms with Crippen molar-refractivity contribution in [3.8, 4) is 0 Å². The van der Waals surface area contributed by atoms with Crippen molar-refractivity contribution in [2.75, 3.05) is 6.61 Å². The van der Waals surface area contributed by atoms with Crippen molar-refractivity contribution in [1.82, 2.24) is 5.32 Å². The minimum absolute atomic E-state index is 0.0388. The van der Waals surface area contributed by atoms with Crippen molar-refractivity contribution in [3.05, 3.63) is 97.2 Å². The number of carbonyl (C=O) groups is 2. The fraction of sp³-hybridized carbons (Fsp3) is 0.690. The van der Waals surface area contributed by atoms with Crippen LogP contribution in [-0.4, -0.2) is 46.9 Å². The van der Waals surface area contributed by atoms with Crippen LogP contribution in [0.2, 0.25) is 0 Å². The van der Waals surface area contributed by atoms with Gasteiger partial charge < -0.3 is 20.3 Å². The summed E-state index contributed by atoms with van der Waals surface area (Å²) in [4.78, 5) is 26.2. The minimum atomic E-state index is -0.807. The predicted molar refractivity (Wildman–Crippen MR) is 277 cm³/mol. The van der Waals surface area contributed by atoms with Crippen molar-refractivity contribution in [3.63, 3.8) is 0 Å². The first-order valence-electron chi connectivity index (χ1n) is 26.6. The Labute approximate surface area is 395 Å². The van der Waals surface area contributed by atoms with Crippen LogP contribution in [0.4, 0.5) is 0 Å². The summed E-state index contributed by atoms with van der Waals surface area (Å²) in [7, 11) is 0. The zero-order valence-electron chi connectivity index (χ0n) is 41.6. The number of allylic oxidation sites excluding steroid dienone is 16. The Kier molecular flexibility index (Phi) is 48.2. The molecular weight excluding hydrogens is 791 g/mol. The van der Waals surface area contributed by atoms with E-state index in [4.69, 9.17) is 4.74 Å². The van der Waals surface area contributed by atoms with Crippen LogP contribution in [0, 0.1) is 0 Å². The van der Waals surface area contributed by atoms with Gasteiger partial charge in [0.2, 0.25) is 5.91 Å². The molecule has 366 valence electrons. The fourth-order valence-corrected chi connectivity index (χ4v) is 7.52. The average Bonchev–Trinajstić information content (AvgIpc) is 3.29. The van der Waals surface area contributed by atoms with Gasteiger partial charge in [-0.1, -0.05) is 246 Å². The maximum absolute atomic E-state index is 13.2. The highest BCUT2D eigenvalue weighted by atomic mass is 16.5. The first kappa shape index (κ1) is 60.8. The van der Waals surface area contributed by atoms with E-state index in [1.54, 1.807) is 0 Å². The van der Waals surface area contributed by atoms with Crippen molar-refractivity contribution in [1.29, 1.82) is 0 Å². The molecule has 0 rings (SSSR count). The molecule has 0 aliphatic heterocycles. The Morgan fingerprint density at radius 1 is 0.453 bits per heavy atom. The van der Waals surface area contributed by atoms with E-state index in [0.717, 1.165) is 96.3 Å². The molecule has 3 atom stereocenters. The summed E-state index contributed by atoms with van der Waals surface area (Å²) in [5, 5.41) is 23.7. The lowest BCUT2D eigenvalue weighted by molar-refractivity contribution is -0.151. The van der Waals surface area contributed by atoms with Crippen LogP contribution in [0.15, 0.2) is 97.2 Å². The van der Waals surface area contributed by atoms with E-state index in [1.807, 2.05) is 24.3 Å². The summed E-state index contributed by atoms with van der Waals surface area (Å²) in [6, 6.07) is -0.724. The van der Waals surface area contributed by atoms with Gasteiger partial charge in [-0.25, -0.2) is 0 Å². The van der Waals surface area contributed by atoms with Gasteiger partial charge >= 0.3 is 5.97 Å².